The Morgan fingerprint density at radius 1 is 1.35 bits per heavy atom. The summed E-state index contributed by atoms with van der Waals surface area (Å²) in [7, 11) is 0. The SMILES string of the molecule is O=C(O)c1ncsc1Nc1cccc2cc(Br)cnc12. The van der Waals surface area contributed by atoms with Gasteiger partial charge >= 0.3 is 5.97 Å². The van der Waals surface area contributed by atoms with Crippen LogP contribution in [0.1, 0.15) is 10.5 Å². The second-order valence-electron chi connectivity index (χ2n) is 3.99. The highest BCUT2D eigenvalue weighted by Gasteiger charge is 2.14. The molecule has 0 saturated heterocycles. The molecule has 0 amide bonds. The van der Waals surface area contributed by atoms with Gasteiger partial charge < -0.3 is 10.4 Å². The molecule has 1 aromatic carbocycles. The number of halogens is 1. The molecule has 0 atom stereocenters. The average Bonchev–Trinajstić information content (AvgIpc) is 2.87. The molecule has 0 bridgehead atoms. The molecule has 0 spiro atoms. The van der Waals surface area contributed by atoms with Gasteiger partial charge in [0.25, 0.3) is 0 Å². The van der Waals surface area contributed by atoms with Gasteiger partial charge in [-0.2, -0.15) is 0 Å². The summed E-state index contributed by atoms with van der Waals surface area (Å²) in [4.78, 5) is 19.3. The summed E-state index contributed by atoms with van der Waals surface area (Å²) in [5.41, 5.74) is 3.05. The predicted octanol–water partition coefficient (Wildman–Crippen LogP) is 3.90. The lowest BCUT2D eigenvalue weighted by Gasteiger charge is -2.08. The van der Waals surface area contributed by atoms with Gasteiger partial charge in [0.2, 0.25) is 0 Å². The number of pyridine rings is 1. The van der Waals surface area contributed by atoms with Crippen LogP contribution in [0.5, 0.6) is 0 Å². The molecule has 2 N–H and O–H groups in total. The van der Waals surface area contributed by atoms with E-state index in [9.17, 15) is 4.79 Å². The monoisotopic (exact) mass is 349 g/mol. The quantitative estimate of drug-likeness (QED) is 0.749. The van der Waals surface area contributed by atoms with Gasteiger partial charge in [-0.05, 0) is 28.1 Å². The molecular weight excluding hydrogens is 342 g/mol. The van der Waals surface area contributed by atoms with Gasteiger partial charge in [-0.25, -0.2) is 9.78 Å². The fourth-order valence-electron chi connectivity index (χ4n) is 1.84. The highest BCUT2D eigenvalue weighted by atomic mass is 79.9. The summed E-state index contributed by atoms with van der Waals surface area (Å²) in [5, 5.41) is 13.6. The number of carbonyl (C=O) groups is 1. The normalized spacial score (nSPS) is 10.7. The van der Waals surface area contributed by atoms with Crippen molar-refractivity contribution in [2.45, 2.75) is 0 Å². The van der Waals surface area contributed by atoms with Crippen molar-refractivity contribution in [3.05, 3.63) is 46.1 Å². The maximum absolute atomic E-state index is 11.1. The third kappa shape index (κ3) is 2.37. The molecule has 100 valence electrons. The number of nitrogens with zero attached hydrogens (tertiary/aromatic N) is 2. The van der Waals surface area contributed by atoms with Crippen LogP contribution < -0.4 is 5.32 Å². The smallest absolute Gasteiger partial charge is 0.357 e. The van der Waals surface area contributed by atoms with E-state index in [1.54, 1.807) is 6.20 Å². The first kappa shape index (κ1) is 13.0. The van der Waals surface area contributed by atoms with Crippen LogP contribution in [-0.2, 0) is 0 Å². The molecule has 0 saturated carbocycles. The van der Waals surface area contributed by atoms with E-state index < -0.39 is 5.97 Å². The first-order chi connectivity index (χ1) is 9.65. The van der Waals surface area contributed by atoms with Gasteiger partial charge in [-0.3, -0.25) is 4.98 Å². The van der Waals surface area contributed by atoms with E-state index in [0.717, 1.165) is 21.1 Å². The summed E-state index contributed by atoms with van der Waals surface area (Å²) in [6, 6.07) is 7.65. The zero-order chi connectivity index (χ0) is 14.1. The number of aromatic nitrogens is 2. The van der Waals surface area contributed by atoms with Crippen LogP contribution in [-0.4, -0.2) is 21.0 Å². The van der Waals surface area contributed by atoms with E-state index in [0.29, 0.717) is 5.00 Å². The molecule has 7 heteroatoms. The molecule has 2 heterocycles. The molecule has 0 radical (unpaired) electrons. The van der Waals surface area contributed by atoms with Crippen LogP contribution >= 0.6 is 27.3 Å². The Balaban J connectivity index is 2.07. The van der Waals surface area contributed by atoms with Gasteiger partial charge in [0.05, 0.1) is 16.7 Å². The number of thiazole rings is 1. The molecule has 5 nitrogen and oxygen atoms in total. The highest BCUT2D eigenvalue weighted by Crippen LogP contribution is 2.30. The number of rotatable bonds is 3. The molecule has 20 heavy (non-hydrogen) atoms. The number of aromatic carboxylic acids is 1. The summed E-state index contributed by atoms with van der Waals surface area (Å²) in [6.07, 6.45) is 1.71. The lowest BCUT2D eigenvalue weighted by Crippen LogP contribution is -2.01. The van der Waals surface area contributed by atoms with E-state index in [1.807, 2.05) is 24.3 Å². The standard InChI is InChI=1S/C13H8BrN3O2S/c14-8-4-7-2-1-3-9(10(7)15-5-8)17-12-11(13(18)19)16-6-20-12/h1-6,17H,(H,18,19). The van der Waals surface area contributed by atoms with Crippen LogP contribution in [0.15, 0.2) is 40.4 Å². The first-order valence-electron chi connectivity index (χ1n) is 5.63. The molecule has 0 aliphatic heterocycles. The number of benzene rings is 1. The molecule has 2 aromatic heterocycles. The van der Waals surface area contributed by atoms with Crippen LogP contribution in [0.25, 0.3) is 10.9 Å². The van der Waals surface area contributed by atoms with Crippen molar-refractivity contribution in [2.75, 3.05) is 5.32 Å². The topological polar surface area (TPSA) is 75.1 Å². The molecule has 0 fully saturated rings. The Bertz CT molecular complexity index is 803. The van der Waals surface area contributed by atoms with E-state index in [4.69, 9.17) is 5.11 Å². The second kappa shape index (κ2) is 5.18. The number of carboxylic acid groups (broad SMARTS) is 1. The second-order valence-corrected chi connectivity index (χ2v) is 5.76. The van der Waals surface area contributed by atoms with Crippen molar-refractivity contribution in [1.29, 1.82) is 0 Å². The Morgan fingerprint density at radius 2 is 2.20 bits per heavy atom. The van der Waals surface area contributed by atoms with E-state index in [2.05, 4.69) is 31.2 Å². The van der Waals surface area contributed by atoms with Crippen molar-refractivity contribution < 1.29 is 9.90 Å². The predicted molar refractivity (Wildman–Crippen MR) is 81.8 cm³/mol. The molecule has 0 aliphatic rings. The van der Waals surface area contributed by atoms with Gasteiger partial charge in [0.1, 0.15) is 5.00 Å². The van der Waals surface area contributed by atoms with Crippen LogP contribution in [0.4, 0.5) is 10.7 Å². The maximum atomic E-state index is 11.1. The summed E-state index contributed by atoms with van der Waals surface area (Å²) in [5.74, 6) is -1.05. The van der Waals surface area contributed by atoms with Gasteiger partial charge in [0.15, 0.2) is 5.69 Å². The largest absolute Gasteiger partial charge is 0.476 e. The lowest BCUT2D eigenvalue weighted by molar-refractivity contribution is 0.0692. The lowest BCUT2D eigenvalue weighted by atomic mass is 10.2. The zero-order valence-corrected chi connectivity index (χ0v) is 12.4. The van der Waals surface area contributed by atoms with E-state index in [1.165, 1.54) is 16.8 Å². The number of hydrogen-bond acceptors (Lipinski definition) is 5. The number of nitrogens with one attached hydrogen (secondary N) is 1. The fourth-order valence-corrected chi connectivity index (χ4v) is 2.88. The number of carboxylic acids is 1. The third-order valence-corrected chi connectivity index (χ3v) is 3.87. The van der Waals surface area contributed by atoms with Gasteiger partial charge in [-0.1, -0.05) is 12.1 Å². The molecule has 0 aliphatic carbocycles. The first-order valence-corrected chi connectivity index (χ1v) is 7.30. The molecule has 3 aromatic rings. The van der Waals surface area contributed by atoms with Crippen LogP contribution in [0.2, 0.25) is 0 Å². The van der Waals surface area contributed by atoms with Crippen LogP contribution in [0.3, 0.4) is 0 Å². The molecule has 0 unspecified atom stereocenters. The summed E-state index contributed by atoms with van der Waals surface area (Å²) < 4.78 is 0.895. The molecular formula is C13H8BrN3O2S. The number of fused-ring (bicyclic) bond motifs is 1. The van der Waals surface area contributed by atoms with E-state index >= 15 is 0 Å². The Morgan fingerprint density at radius 3 is 3.00 bits per heavy atom. The minimum absolute atomic E-state index is 0.0177. The van der Waals surface area contributed by atoms with Gasteiger partial charge in [0, 0.05) is 16.1 Å². The summed E-state index contributed by atoms with van der Waals surface area (Å²) in [6.45, 7) is 0. The number of para-hydroxylation sites is 1. The van der Waals surface area contributed by atoms with E-state index in [-0.39, 0.29) is 5.69 Å². The molecule has 3 rings (SSSR count). The summed E-state index contributed by atoms with van der Waals surface area (Å²) >= 11 is 4.62. The third-order valence-electron chi connectivity index (χ3n) is 2.70. The Kier molecular flexibility index (Phi) is 3.37. The van der Waals surface area contributed by atoms with Crippen molar-refractivity contribution in [1.82, 2.24) is 9.97 Å². The average molecular weight is 350 g/mol. The fraction of sp³-hybridized carbons (Fsp3) is 0. The number of anilines is 2. The van der Waals surface area contributed by atoms with Gasteiger partial charge in [-0.15, -0.1) is 11.3 Å². The maximum Gasteiger partial charge on any atom is 0.357 e. The van der Waals surface area contributed by atoms with Crippen molar-refractivity contribution >= 4 is 54.8 Å². The van der Waals surface area contributed by atoms with Crippen molar-refractivity contribution in [3.8, 4) is 0 Å². The van der Waals surface area contributed by atoms with Crippen molar-refractivity contribution in [2.24, 2.45) is 0 Å². The number of hydrogen-bond donors (Lipinski definition) is 2. The minimum atomic E-state index is -1.05. The van der Waals surface area contributed by atoms with Crippen molar-refractivity contribution in [3.63, 3.8) is 0 Å². The minimum Gasteiger partial charge on any atom is -0.476 e. The Labute approximate surface area is 126 Å². The van der Waals surface area contributed by atoms with Crippen LogP contribution in [0, 0.1) is 0 Å². The zero-order valence-electron chi connectivity index (χ0n) is 10.0. The Hall–Kier alpha value is -1.99. The highest BCUT2D eigenvalue weighted by molar-refractivity contribution is 9.10.